The fraction of sp³-hybridized carbons (Fsp3) is 0.889. The van der Waals surface area contributed by atoms with Gasteiger partial charge in [-0.05, 0) is 19.8 Å². The van der Waals surface area contributed by atoms with E-state index in [0.29, 0.717) is 0 Å². The highest BCUT2D eigenvalue weighted by molar-refractivity contribution is 7.89. The molecule has 0 bridgehead atoms. The maximum absolute atomic E-state index is 11.7. The summed E-state index contributed by atoms with van der Waals surface area (Å²) in [6.45, 7) is 1.62. The van der Waals surface area contributed by atoms with Gasteiger partial charge in [0.2, 0.25) is 10.0 Å². The summed E-state index contributed by atoms with van der Waals surface area (Å²) in [5, 5.41) is 8.60. The lowest BCUT2D eigenvalue weighted by Gasteiger charge is -2.24. The van der Waals surface area contributed by atoms with Gasteiger partial charge in [-0.3, -0.25) is 0 Å². The van der Waals surface area contributed by atoms with Crippen molar-refractivity contribution in [1.82, 2.24) is 4.31 Å². The third kappa shape index (κ3) is 2.46. The van der Waals surface area contributed by atoms with Crippen LogP contribution in [0.15, 0.2) is 0 Å². The minimum Gasteiger partial charge on any atom is -0.212 e. The molecule has 0 amide bonds. The average Bonchev–Trinajstić information content (AvgIpc) is 2.66. The highest BCUT2D eigenvalue weighted by Crippen LogP contribution is 2.25. The van der Waals surface area contributed by atoms with E-state index in [0.717, 1.165) is 25.7 Å². The Hall–Kier alpha value is -0.600. The van der Waals surface area contributed by atoms with Gasteiger partial charge in [-0.15, -0.1) is 0 Å². The molecule has 0 radical (unpaired) electrons. The molecule has 0 aromatic rings. The number of rotatable bonds is 4. The molecule has 1 fully saturated rings. The lowest BCUT2D eigenvalue weighted by atomic mass is 10.2. The summed E-state index contributed by atoms with van der Waals surface area (Å²) in [6.07, 6.45) is 3.96. The van der Waals surface area contributed by atoms with Crippen molar-refractivity contribution in [1.29, 1.82) is 5.26 Å². The van der Waals surface area contributed by atoms with Crippen LogP contribution in [0.1, 0.15) is 32.6 Å². The Morgan fingerprint density at radius 3 is 2.43 bits per heavy atom. The largest absolute Gasteiger partial charge is 0.215 e. The first-order valence-corrected chi connectivity index (χ1v) is 6.59. The summed E-state index contributed by atoms with van der Waals surface area (Å²) in [5.74, 6) is 0.0885. The quantitative estimate of drug-likeness (QED) is 0.661. The van der Waals surface area contributed by atoms with Crippen LogP contribution >= 0.6 is 0 Å². The van der Waals surface area contributed by atoms with Gasteiger partial charge >= 0.3 is 0 Å². The maximum Gasteiger partial charge on any atom is 0.215 e. The predicted molar refractivity (Wildman–Crippen MR) is 54.0 cm³/mol. The monoisotopic (exact) mass is 216 g/mol. The standard InChI is InChI=1S/C9H16N2O2S/c1-2-14(12,13)11(8-7-10)9-5-3-4-6-9/h9H,2-6,8H2,1H3. The van der Waals surface area contributed by atoms with E-state index in [1.807, 2.05) is 6.07 Å². The SMILES string of the molecule is CCS(=O)(=O)N(CC#N)C1CCCC1. The van der Waals surface area contributed by atoms with Crippen LogP contribution in [0, 0.1) is 11.3 Å². The van der Waals surface area contributed by atoms with Crippen molar-refractivity contribution in [2.24, 2.45) is 0 Å². The van der Waals surface area contributed by atoms with Gasteiger partial charge in [0.25, 0.3) is 0 Å². The molecule has 1 saturated carbocycles. The molecular weight excluding hydrogens is 200 g/mol. The van der Waals surface area contributed by atoms with Gasteiger partial charge < -0.3 is 0 Å². The second kappa shape index (κ2) is 4.76. The van der Waals surface area contributed by atoms with Crippen LogP contribution in [0.4, 0.5) is 0 Å². The molecule has 1 rings (SSSR count). The van der Waals surface area contributed by atoms with Crippen LogP contribution in [-0.4, -0.2) is 31.1 Å². The zero-order chi connectivity index (χ0) is 10.6. The Morgan fingerprint density at radius 2 is 2.00 bits per heavy atom. The van der Waals surface area contributed by atoms with Gasteiger partial charge in [0, 0.05) is 6.04 Å². The van der Waals surface area contributed by atoms with Crippen LogP contribution in [0.2, 0.25) is 0 Å². The second-order valence-corrected chi connectivity index (χ2v) is 5.75. The Kier molecular flexibility index (Phi) is 3.90. The molecular formula is C9H16N2O2S. The zero-order valence-electron chi connectivity index (χ0n) is 8.44. The summed E-state index contributed by atoms with van der Waals surface area (Å²) < 4.78 is 24.7. The molecule has 0 atom stereocenters. The fourth-order valence-corrected chi connectivity index (χ4v) is 3.13. The highest BCUT2D eigenvalue weighted by Gasteiger charge is 2.30. The molecule has 0 aliphatic heterocycles. The third-order valence-electron chi connectivity index (χ3n) is 2.68. The number of hydrogen-bond acceptors (Lipinski definition) is 3. The molecule has 1 aliphatic rings. The van der Waals surface area contributed by atoms with Crippen molar-refractivity contribution in [3.05, 3.63) is 0 Å². The zero-order valence-corrected chi connectivity index (χ0v) is 9.26. The van der Waals surface area contributed by atoms with E-state index in [9.17, 15) is 8.42 Å². The second-order valence-electron chi connectivity index (χ2n) is 3.54. The first kappa shape index (κ1) is 11.5. The van der Waals surface area contributed by atoms with Gasteiger partial charge in [-0.25, -0.2) is 8.42 Å². The Labute approximate surface area is 85.6 Å². The van der Waals surface area contributed by atoms with E-state index in [1.165, 1.54) is 4.31 Å². The Balaban J connectivity index is 2.78. The van der Waals surface area contributed by atoms with E-state index in [2.05, 4.69) is 0 Å². The lowest BCUT2D eigenvalue weighted by molar-refractivity contribution is 0.351. The van der Waals surface area contributed by atoms with Gasteiger partial charge in [-0.2, -0.15) is 9.57 Å². The van der Waals surface area contributed by atoms with E-state index >= 15 is 0 Å². The van der Waals surface area contributed by atoms with Crippen molar-refractivity contribution in [3.8, 4) is 6.07 Å². The van der Waals surface area contributed by atoms with Crippen LogP contribution in [-0.2, 0) is 10.0 Å². The summed E-state index contributed by atoms with van der Waals surface area (Å²) in [7, 11) is -3.20. The minimum absolute atomic E-state index is 0.000833. The number of hydrogen-bond donors (Lipinski definition) is 0. The van der Waals surface area contributed by atoms with Crippen molar-refractivity contribution >= 4 is 10.0 Å². The van der Waals surface area contributed by atoms with E-state index in [-0.39, 0.29) is 18.3 Å². The summed E-state index contributed by atoms with van der Waals surface area (Å²) >= 11 is 0. The van der Waals surface area contributed by atoms with Crippen LogP contribution in [0.3, 0.4) is 0 Å². The topological polar surface area (TPSA) is 61.2 Å². The van der Waals surface area contributed by atoms with Crippen LogP contribution in [0.5, 0.6) is 0 Å². The summed E-state index contributed by atoms with van der Waals surface area (Å²) in [4.78, 5) is 0. The van der Waals surface area contributed by atoms with Crippen molar-refractivity contribution in [2.75, 3.05) is 12.3 Å². The molecule has 4 nitrogen and oxygen atoms in total. The molecule has 0 spiro atoms. The normalized spacial score (nSPS) is 18.6. The molecule has 0 aromatic carbocycles. The number of nitrogens with zero attached hydrogens (tertiary/aromatic N) is 2. The van der Waals surface area contributed by atoms with Crippen molar-refractivity contribution in [2.45, 2.75) is 38.6 Å². The average molecular weight is 216 g/mol. The first-order valence-electron chi connectivity index (χ1n) is 4.98. The maximum atomic E-state index is 11.7. The first-order chi connectivity index (χ1) is 6.61. The molecule has 0 aromatic heterocycles. The lowest BCUT2D eigenvalue weighted by Crippen LogP contribution is -2.39. The third-order valence-corrected chi connectivity index (χ3v) is 4.55. The summed E-state index contributed by atoms with van der Waals surface area (Å²) in [6, 6.07) is 2.00. The number of sulfonamides is 1. The molecule has 80 valence electrons. The Morgan fingerprint density at radius 1 is 1.43 bits per heavy atom. The predicted octanol–water partition coefficient (Wildman–Crippen LogP) is 1.10. The smallest absolute Gasteiger partial charge is 0.212 e. The number of nitriles is 1. The van der Waals surface area contributed by atoms with Gasteiger partial charge in [0.15, 0.2) is 0 Å². The van der Waals surface area contributed by atoms with E-state index in [1.54, 1.807) is 6.92 Å². The van der Waals surface area contributed by atoms with Crippen LogP contribution in [0.25, 0.3) is 0 Å². The van der Waals surface area contributed by atoms with Gasteiger partial charge in [0.05, 0.1) is 11.8 Å². The van der Waals surface area contributed by atoms with Crippen molar-refractivity contribution < 1.29 is 8.42 Å². The van der Waals surface area contributed by atoms with E-state index < -0.39 is 10.0 Å². The van der Waals surface area contributed by atoms with Crippen molar-refractivity contribution in [3.63, 3.8) is 0 Å². The van der Waals surface area contributed by atoms with Gasteiger partial charge in [-0.1, -0.05) is 12.8 Å². The Bertz CT molecular complexity index is 312. The molecule has 14 heavy (non-hydrogen) atoms. The molecule has 5 heteroatoms. The van der Waals surface area contributed by atoms with E-state index in [4.69, 9.17) is 5.26 Å². The van der Waals surface area contributed by atoms with Gasteiger partial charge in [0.1, 0.15) is 6.54 Å². The molecule has 1 aliphatic carbocycles. The fourth-order valence-electron chi connectivity index (χ4n) is 1.88. The molecule has 0 heterocycles. The van der Waals surface area contributed by atoms with Crippen LogP contribution < -0.4 is 0 Å². The summed E-state index contributed by atoms with van der Waals surface area (Å²) in [5.41, 5.74) is 0. The highest BCUT2D eigenvalue weighted by atomic mass is 32.2. The molecule has 0 N–H and O–H groups in total. The molecule has 0 unspecified atom stereocenters. The molecule has 0 saturated heterocycles. The minimum atomic E-state index is -3.20.